The second kappa shape index (κ2) is 9.85. The van der Waals surface area contributed by atoms with E-state index in [2.05, 4.69) is 12.2 Å². The topological polar surface area (TPSA) is 122 Å². The number of nitrogens with one attached hydrogen (secondary N) is 1. The van der Waals surface area contributed by atoms with E-state index in [0.717, 1.165) is 30.8 Å². The van der Waals surface area contributed by atoms with Crippen LogP contribution in [0.2, 0.25) is 0 Å². The first-order valence-corrected chi connectivity index (χ1v) is 9.38. The van der Waals surface area contributed by atoms with Crippen LogP contribution in [0.4, 0.5) is 11.4 Å². The third-order valence-electron chi connectivity index (χ3n) is 4.82. The third-order valence-corrected chi connectivity index (χ3v) is 4.82. The van der Waals surface area contributed by atoms with E-state index in [1.54, 1.807) is 6.07 Å². The monoisotopic (exact) mass is 406 g/mol. The van der Waals surface area contributed by atoms with Gasteiger partial charge in [-0.25, -0.2) is 4.79 Å². The van der Waals surface area contributed by atoms with Crippen LogP contribution < -0.4 is 10.2 Å². The maximum Gasteiger partial charge on any atom is 0.338 e. The Hall–Kier alpha value is -3.17. The van der Waals surface area contributed by atoms with E-state index in [4.69, 9.17) is 4.74 Å². The highest BCUT2D eigenvalue weighted by molar-refractivity contribution is 5.93. The molecule has 158 valence electrons. The number of nitrogens with zero attached hydrogens (tertiary/aromatic N) is 3. The number of esters is 1. The van der Waals surface area contributed by atoms with Crippen LogP contribution in [0.5, 0.6) is 0 Å². The predicted octanol–water partition coefficient (Wildman–Crippen LogP) is 1.19. The molecule has 1 aromatic rings. The number of amides is 2. The molecule has 0 aromatic heterocycles. The van der Waals surface area contributed by atoms with Gasteiger partial charge in [-0.3, -0.25) is 19.7 Å². The van der Waals surface area contributed by atoms with E-state index in [1.807, 2.05) is 4.90 Å². The summed E-state index contributed by atoms with van der Waals surface area (Å²) < 4.78 is 4.97. The summed E-state index contributed by atoms with van der Waals surface area (Å²) in [6, 6.07) is 4.19. The highest BCUT2D eigenvalue weighted by atomic mass is 16.6. The molecule has 0 bridgehead atoms. The van der Waals surface area contributed by atoms with Crippen LogP contribution in [0.25, 0.3) is 0 Å². The molecule has 1 atom stereocenters. The van der Waals surface area contributed by atoms with Crippen molar-refractivity contribution in [1.29, 1.82) is 0 Å². The summed E-state index contributed by atoms with van der Waals surface area (Å²) in [6.07, 6.45) is 2.03. The number of piperidine rings is 1. The Labute approximate surface area is 168 Å². The molecule has 10 heteroatoms. The van der Waals surface area contributed by atoms with E-state index in [1.165, 1.54) is 26.2 Å². The van der Waals surface area contributed by atoms with Gasteiger partial charge in [-0.1, -0.05) is 6.92 Å². The van der Waals surface area contributed by atoms with Gasteiger partial charge in [0.05, 0.1) is 17.0 Å². The number of hydrogen-bond donors (Lipinski definition) is 1. The molecule has 0 unspecified atom stereocenters. The van der Waals surface area contributed by atoms with Gasteiger partial charge in [0.15, 0.2) is 6.61 Å². The van der Waals surface area contributed by atoms with Crippen molar-refractivity contribution in [3.63, 3.8) is 0 Å². The van der Waals surface area contributed by atoms with Crippen molar-refractivity contribution in [2.75, 3.05) is 45.2 Å². The number of likely N-dealkylation sites (N-methyl/N-ethyl adjacent to an activating group) is 2. The molecule has 2 rings (SSSR count). The smallest absolute Gasteiger partial charge is 0.338 e. The Kier molecular flexibility index (Phi) is 7.52. The number of carbonyl (C=O) groups excluding carboxylic acids is 3. The molecular formula is C19H26N4O6. The number of nitro benzene ring substituents is 1. The molecule has 0 aliphatic carbocycles. The standard InChI is InChI=1S/C19H26N4O6/c1-13-5-4-8-22(10-13)15-7-6-14(9-16(15)23(27)28)19(26)29-12-18(25)21(3)11-17(24)20-2/h6-7,9,13H,4-5,8,10-12H2,1-3H3,(H,20,24)/t13-/m1/s1. The Morgan fingerprint density at radius 1 is 1.38 bits per heavy atom. The van der Waals surface area contributed by atoms with E-state index in [-0.39, 0.29) is 23.7 Å². The zero-order valence-corrected chi connectivity index (χ0v) is 16.8. The van der Waals surface area contributed by atoms with Crippen LogP contribution >= 0.6 is 0 Å². The molecule has 1 aromatic carbocycles. The minimum atomic E-state index is -0.839. The molecular weight excluding hydrogens is 380 g/mol. The van der Waals surface area contributed by atoms with E-state index < -0.39 is 23.4 Å². The second-order valence-electron chi connectivity index (χ2n) is 7.15. The number of anilines is 1. The fraction of sp³-hybridized carbons (Fsp3) is 0.526. The first-order chi connectivity index (χ1) is 13.7. The van der Waals surface area contributed by atoms with Crippen molar-refractivity contribution in [1.82, 2.24) is 10.2 Å². The second-order valence-corrected chi connectivity index (χ2v) is 7.15. The summed E-state index contributed by atoms with van der Waals surface area (Å²) >= 11 is 0. The lowest BCUT2D eigenvalue weighted by atomic mass is 9.99. The number of benzene rings is 1. The molecule has 2 amide bonds. The molecule has 0 spiro atoms. The Bertz CT molecular complexity index is 797. The Balaban J connectivity index is 2.07. The van der Waals surface area contributed by atoms with Gasteiger partial charge in [0.2, 0.25) is 5.91 Å². The van der Waals surface area contributed by atoms with Crippen molar-refractivity contribution in [3.05, 3.63) is 33.9 Å². The quantitative estimate of drug-likeness (QED) is 0.410. The highest BCUT2D eigenvalue weighted by Crippen LogP contribution is 2.32. The fourth-order valence-corrected chi connectivity index (χ4v) is 3.18. The van der Waals surface area contributed by atoms with Crippen LogP contribution in [0.15, 0.2) is 18.2 Å². The van der Waals surface area contributed by atoms with Gasteiger partial charge in [-0.05, 0) is 30.9 Å². The SMILES string of the molecule is CNC(=O)CN(C)C(=O)COC(=O)c1ccc(N2CCC[C@@H](C)C2)c([N+](=O)[O-])c1. The number of nitro groups is 1. The molecule has 0 radical (unpaired) electrons. The molecule has 10 nitrogen and oxygen atoms in total. The number of hydrogen-bond acceptors (Lipinski definition) is 7. The number of ether oxygens (including phenoxy) is 1. The molecule has 1 saturated heterocycles. The average molecular weight is 406 g/mol. The van der Waals surface area contributed by atoms with Crippen molar-refractivity contribution < 1.29 is 24.0 Å². The first kappa shape index (κ1) is 22.1. The highest BCUT2D eigenvalue weighted by Gasteiger charge is 2.26. The lowest BCUT2D eigenvalue weighted by Crippen LogP contribution is -2.39. The lowest BCUT2D eigenvalue weighted by Gasteiger charge is -2.32. The summed E-state index contributed by atoms with van der Waals surface area (Å²) in [6.45, 7) is 2.81. The maximum atomic E-state index is 12.3. The summed E-state index contributed by atoms with van der Waals surface area (Å²) in [7, 11) is 2.85. The summed E-state index contributed by atoms with van der Waals surface area (Å²) in [4.78, 5) is 49.6. The van der Waals surface area contributed by atoms with E-state index in [0.29, 0.717) is 11.6 Å². The largest absolute Gasteiger partial charge is 0.452 e. The van der Waals surface area contributed by atoms with Gasteiger partial charge >= 0.3 is 5.97 Å². The van der Waals surface area contributed by atoms with Crippen LogP contribution in [-0.4, -0.2) is 67.9 Å². The Morgan fingerprint density at radius 2 is 2.10 bits per heavy atom. The number of carbonyl (C=O) groups is 3. The third kappa shape index (κ3) is 5.90. The van der Waals surface area contributed by atoms with Crippen LogP contribution in [0.1, 0.15) is 30.1 Å². The van der Waals surface area contributed by atoms with Crippen LogP contribution in [0, 0.1) is 16.0 Å². The molecule has 1 aliphatic rings. The molecule has 29 heavy (non-hydrogen) atoms. The van der Waals surface area contributed by atoms with Crippen molar-refractivity contribution >= 4 is 29.2 Å². The minimum Gasteiger partial charge on any atom is -0.452 e. The zero-order chi connectivity index (χ0) is 21.6. The van der Waals surface area contributed by atoms with Gasteiger partial charge < -0.3 is 19.9 Å². The summed E-state index contributed by atoms with van der Waals surface area (Å²) in [5.74, 6) is -1.32. The minimum absolute atomic E-state index is 0.00716. The van der Waals surface area contributed by atoms with Gasteiger partial charge in [0, 0.05) is 33.3 Å². The fourth-order valence-electron chi connectivity index (χ4n) is 3.18. The average Bonchev–Trinajstić information content (AvgIpc) is 2.70. The van der Waals surface area contributed by atoms with Crippen LogP contribution in [0.3, 0.4) is 0 Å². The number of rotatable bonds is 7. The molecule has 0 saturated carbocycles. The molecule has 1 heterocycles. The zero-order valence-electron chi connectivity index (χ0n) is 16.8. The molecule has 1 N–H and O–H groups in total. The summed E-state index contributed by atoms with van der Waals surface area (Å²) in [5.41, 5.74) is 0.295. The van der Waals surface area contributed by atoms with Crippen molar-refractivity contribution in [2.45, 2.75) is 19.8 Å². The van der Waals surface area contributed by atoms with E-state index in [9.17, 15) is 24.5 Å². The lowest BCUT2D eigenvalue weighted by molar-refractivity contribution is -0.384. The predicted molar refractivity (Wildman–Crippen MR) is 106 cm³/mol. The molecule has 1 fully saturated rings. The van der Waals surface area contributed by atoms with Crippen molar-refractivity contribution in [2.24, 2.45) is 5.92 Å². The van der Waals surface area contributed by atoms with E-state index >= 15 is 0 Å². The van der Waals surface area contributed by atoms with Gasteiger partial charge in [0.1, 0.15) is 5.69 Å². The van der Waals surface area contributed by atoms with Gasteiger partial charge in [0.25, 0.3) is 11.6 Å². The van der Waals surface area contributed by atoms with Gasteiger partial charge in [-0.2, -0.15) is 0 Å². The van der Waals surface area contributed by atoms with Crippen LogP contribution in [-0.2, 0) is 14.3 Å². The maximum absolute atomic E-state index is 12.3. The normalized spacial score (nSPS) is 16.1. The Morgan fingerprint density at radius 3 is 2.72 bits per heavy atom. The van der Waals surface area contributed by atoms with Crippen molar-refractivity contribution in [3.8, 4) is 0 Å². The molecule has 1 aliphatic heterocycles. The van der Waals surface area contributed by atoms with Gasteiger partial charge in [-0.15, -0.1) is 0 Å². The summed E-state index contributed by atoms with van der Waals surface area (Å²) in [5, 5.41) is 13.9. The first-order valence-electron chi connectivity index (χ1n) is 9.38.